The largest absolute Gasteiger partial charge is 0.495 e. The molecule has 4 nitrogen and oxygen atoms in total. The van der Waals surface area contributed by atoms with Crippen LogP contribution in [0, 0.1) is 11.8 Å². The van der Waals surface area contributed by atoms with Gasteiger partial charge in [-0.1, -0.05) is 23.4 Å². The van der Waals surface area contributed by atoms with E-state index < -0.39 is 5.97 Å². The van der Waals surface area contributed by atoms with Crippen molar-refractivity contribution in [3.63, 3.8) is 0 Å². The summed E-state index contributed by atoms with van der Waals surface area (Å²) in [5.74, 6) is 5.52. The number of hydrogen-bond acceptors (Lipinski definition) is 4. The van der Waals surface area contributed by atoms with Crippen molar-refractivity contribution in [1.82, 2.24) is 0 Å². The maximum absolute atomic E-state index is 10.9. The Balaban J connectivity index is 2.94. The van der Waals surface area contributed by atoms with Crippen LogP contribution in [0.2, 0.25) is 5.02 Å². The summed E-state index contributed by atoms with van der Waals surface area (Å²) in [6.45, 7) is 0. The SMILES string of the molecule is COC(=O)CC#Cc1cc(OC)c(N)cc1Cl. The van der Waals surface area contributed by atoms with Gasteiger partial charge in [0.1, 0.15) is 12.2 Å². The highest BCUT2D eigenvalue weighted by atomic mass is 35.5. The molecule has 17 heavy (non-hydrogen) atoms. The minimum absolute atomic E-state index is 0.0134. The third-order valence-corrected chi connectivity index (χ3v) is 2.32. The quantitative estimate of drug-likeness (QED) is 0.496. The van der Waals surface area contributed by atoms with E-state index in [4.69, 9.17) is 22.1 Å². The lowest BCUT2D eigenvalue weighted by Crippen LogP contribution is -1.97. The van der Waals surface area contributed by atoms with E-state index in [0.717, 1.165) is 0 Å². The van der Waals surface area contributed by atoms with Gasteiger partial charge in [0.2, 0.25) is 0 Å². The lowest BCUT2D eigenvalue weighted by molar-refractivity contribution is -0.139. The lowest BCUT2D eigenvalue weighted by atomic mass is 10.2. The molecule has 0 saturated heterocycles. The maximum Gasteiger partial charge on any atom is 0.317 e. The summed E-state index contributed by atoms with van der Waals surface area (Å²) in [6, 6.07) is 3.19. The number of nitrogens with two attached hydrogens (primary N) is 1. The molecule has 2 N–H and O–H groups in total. The molecule has 0 aliphatic carbocycles. The van der Waals surface area contributed by atoms with Crippen LogP contribution in [-0.4, -0.2) is 20.2 Å². The Morgan fingerprint density at radius 1 is 1.47 bits per heavy atom. The first-order chi connectivity index (χ1) is 8.08. The van der Waals surface area contributed by atoms with E-state index in [1.54, 1.807) is 12.1 Å². The minimum atomic E-state index is -0.393. The van der Waals surface area contributed by atoms with Gasteiger partial charge in [-0.2, -0.15) is 0 Å². The van der Waals surface area contributed by atoms with Crippen LogP contribution in [0.15, 0.2) is 12.1 Å². The summed E-state index contributed by atoms with van der Waals surface area (Å²) >= 11 is 5.95. The average molecular weight is 254 g/mol. The van der Waals surface area contributed by atoms with Crippen molar-refractivity contribution in [3.05, 3.63) is 22.7 Å². The van der Waals surface area contributed by atoms with Gasteiger partial charge in [0.15, 0.2) is 0 Å². The molecule has 0 atom stereocenters. The number of nitrogen functional groups attached to an aromatic ring is 1. The van der Waals surface area contributed by atoms with E-state index in [-0.39, 0.29) is 6.42 Å². The van der Waals surface area contributed by atoms with Crippen molar-refractivity contribution in [3.8, 4) is 17.6 Å². The topological polar surface area (TPSA) is 61.5 Å². The fourth-order valence-corrected chi connectivity index (χ4v) is 1.34. The van der Waals surface area contributed by atoms with Crippen LogP contribution < -0.4 is 10.5 Å². The van der Waals surface area contributed by atoms with E-state index in [9.17, 15) is 4.79 Å². The normalized spacial score (nSPS) is 9.12. The highest BCUT2D eigenvalue weighted by Crippen LogP contribution is 2.28. The number of halogens is 1. The highest BCUT2D eigenvalue weighted by molar-refractivity contribution is 6.32. The molecule has 0 heterocycles. The predicted molar refractivity (Wildman–Crippen MR) is 65.9 cm³/mol. The molecule has 0 aliphatic rings. The summed E-state index contributed by atoms with van der Waals surface area (Å²) in [4.78, 5) is 10.9. The Morgan fingerprint density at radius 2 is 2.18 bits per heavy atom. The number of methoxy groups -OCH3 is 2. The van der Waals surface area contributed by atoms with Crippen LogP contribution >= 0.6 is 11.6 Å². The van der Waals surface area contributed by atoms with Crippen molar-refractivity contribution in [2.75, 3.05) is 20.0 Å². The summed E-state index contributed by atoms with van der Waals surface area (Å²) in [6.07, 6.45) is 0.0134. The van der Waals surface area contributed by atoms with E-state index in [2.05, 4.69) is 16.6 Å². The van der Waals surface area contributed by atoms with Gasteiger partial charge in [-0.3, -0.25) is 4.79 Å². The molecule has 1 aromatic rings. The van der Waals surface area contributed by atoms with Crippen LogP contribution in [0.5, 0.6) is 5.75 Å². The molecule has 0 bridgehead atoms. The van der Waals surface area contributed by atoms with Crippen molar-refractivity contribution < 1.29 is 14.3 Å². The summed E-state index contributed by atoms with van der Waals surface area (Å²) in [5, 5.41) is 0.417. The second-order valence-electron chi connectivity index (χ2n) is 3.13. The molecule has 5 heteroatoms. The second kappa shape index (κ2) is 6.02. The number of hydrogen-bond donors (Lipinski definition) is 1. The third-order valence-electron chi connectivity index (χ3n) is 2.00. The fourth-order valence-electron chi connectivity index (χ4n) is 1.13. The van der Waals surface area contributed by atoms with Crippen LogP contribution in [0.4, 0.5) is 5.69 Å². The first kappa shape index (κ1) is 13.2. The van der Waals surface area contributed by atoms with Gasteiger partial charge in [0.25, 0.3) is 0 Å². The number of benzene rings is 1. The Kier molecular flexibility index (Phi) is 4.68. The van der Waals surface area contributed by atoms with Crippen LogP contribution in [0.25, 0.3) is 0 Å². The molecule has 0 fully saturated rings. The number of ether oxygens (including phenoxy) is 2. The molecule has 1 aromatic carbocycles. The fraction of sp³-hybridized carbons (Fsp3) is 0.250. The molecule has 0 aromatic heterocycles. The zero-order valence-corrected chi connectivity index (χ0v) is 10.3. The highest BCUT2D eigenvalue weighted by Gasteiger charge is 2.05. The molecule has 0 saturated carbocycles. The molecule has 0 amide bonds. The van der Waals surface area contributed by atoms with E-state index in [0.29, 0.717) is 22.0 Å². The average Bonchev–Trinajstić information content (AvgIpc) is 2.31. The molecular formula is C12H12ClNO3. The minimum Gasteiger partial charge on any atom is -0.495 e. The van der Waals surface area contributed by atoms with Gasteiger partial charge < -0.3 is 15.2 Å². The Morgan fingerprint density at radius 3 is 2.76 bits per heavy atom. The lowest BCUT2D eigenvalue weighted by Gasteiger charge is -2.05. The van der Waals surface area contributed by atoms with Crippen LogP contribution in [0.1, 0.15) is 12.0 Å². The standard InChI is InChI=1S/C12H12ClNO3/c1-16-11-6-8(9(13)7-10(11)14)4-3-5-12(15)17-2/h6-7H,5,14H2,1-2H3. The molecule has 0 unspecified atom stereocenters. The molecule has 1 rings (SSSR count). The van der Waals surface area contributed by atoms with Gasteiger partial charge in [-0.05, 0) is 12.1 Å². The van der Waals surface area contributed by atoms with Crippen molar-refractivity contribution in [2.45, 2.75) is 6.42 Å². The summed E-state index contributed by atoms with van der Waals surface area (Å²) in [5.41, 5.74) is 6.67. The summed E-state index contributed by atoms with van der Waals surface area (Å²) < 4.78 is 9.51. The molecule has 0 radical (unpaired) electrons. The molecular weight excluding hydrogens is 242 g/mol. The van der Waals surface area contributed by atoms with Gasteiger partial charge >= 0.3 is 5.97 Å². The van der Waals surface area contributed by atoms with Crippen molar-refractivity contribution >= 4 is 23.3 Å². The Hall–Kier alpha value is -1.86. The Bertz CT molecular complexity index is 489. The number of esters is 1. The number of carbonyl (C=O) groups excluding carboxylic acids is 1. The Labute approximate surface area is 105 Å². The number of anilines is 1. The van der Waals surface area contributed by atoms with E-state index in [1.807, 2.05) is 0 Å². The monoisotopic (exact) mass is 253 g/mol. The third kappa shape index (κ3) is 3.58. The smallest absolute Gasteiger partial charge is 0.317 e. The summed E-state index contributed by atoms with van der Waals surface area (Å²) in [7, 11) is 2.81. The van der Waals surface area contributed by atoms with Crippen molar-refractivity contribution in [2.24, 2.45) is 0 Å². The number of carbonyl (C=O) groups is 1. The molecule has 0 aliphatic heterocycles. The first-order valence-electron chi connectivity index (χ1n) is 4.77. The van der Waals surface area contributed by atoms with Gasteiger partial charge in [-0.25, -0.2) is 0 Å². The second-order valence-corrected chi connectivity index (χ2v) is 3.54. The zero-order valence-electron chi connectivity index (χ0n) is 9.54. The maximum atomic E-state index is 10.9. The zero-order chi connectivity index (χ0) is 12.8. The van der Waals surface area contributed by atoms with Crippen molar-refractivity contribution in [1.29, 1.82) is 0 Å². The molecule has 0 spiro atoms. The first-order valence-corrected chi connectivity index (χ1v) is 5.15. The van der Waals surface area contributed by atoms with E-state index >= 15 is 0 Å². The number of rotatable bonds is 2. The van der Waals surface area contributed by atoms with E-state index in [1.165, 1.54) is 14.2 Å². The molecule has 90 valence electrons. The van der Waals surface area contributed by atoms with Gasteiger partial charge in [-0.15, -0.1) is 0 Å². The predicted octanol–water partition coefficient (Wildman–Crippen LogP) is 1.85. The van der Waals surface area contributed by atoms with Gasteiger partial charge in [0, 0.05) is 5.56 Å². The van der Waals surface area contributed by atoms with Gasteiger partial charge in [0.05, 0.1) is 24.9 Å². The van der Waals surface area contributed by atoms with Crippen LogP contribution in [-0.2, 0) is 9.53 Å². The van der Waals surface area contributed by atoms with Crippen LogP contribution in [0.3, 0.4) is 0 Å².